The van der Waals surface area contributed by atoms with E-state index in [1.54, 1.807) is 12.0 Å². The van der Waals surface area contributed by atoms with Gasteiger partial charge < -0.3 is 20.3 Å². The summed E-state index contributed by atoms with van der Waals surface area (Å²) in [5, 5.41) is 5.61. The van der Waals surface area contributed by atoms with Gasteiger partial charge in [0.2, 0.25) is 0 Å². The minimum absolute atomic E-state index is 0.0209. The minimum atomic E-state index is -0.384. The number of carbonyl (C=O) groups is 2. The fourth-order valence-corrected chi connectivity index (χ4v) is 2.90. The van der Waals surface area contributed by atoms with Crippen molar-refractivity contribution < 1.29 is 14.3 Å². The molecule has 0 fully saturated rings. The molecule has 0 unspecified atom stereocenters. The molecule has 2 N–H and O–H groups in total. The molecule has 0 saturated carbocycles. The standard InChI is InChI=1S/C16H19N3O3/c1-22-9-5-8-19-10-12-13(15(19)20)14(18-16(21)17-12)11-6-3-2-4-7-11/h2-4,6-7,14H,5,8-10H2,1H3,(H2,17,18,21)/t14-/m0/s1. The van der Waals surface area contributed by atoms with E-state index < -0.39 is 0 Å². The lowest BCUT2D eigenvalue weighted by molar-refractivity contribution is -0.125. The minimum Gasteiger partial charge on any atom is -0.385 e. The number of nitrogens with zero attached hydrogens (tertiary/aromatic N) is 1. The highest BCUT2D eigenvalue weighted by molar-refractivity contribution is 6.01. The van der Waals surface area contributed by atoms with Gasteiger partial charge in [-0.25, -0.2) is 4.79 Å². The molecule has 6 nitrogen and oxygen atoms in total. The highest BCUT2D eigenvalue weighted by atomic mass is 16.5. The highest BCUT2D eigenvalue weighted by Crippen LogP contribution is 2.32. The number of nitrogens with one attached hydrogen (secondary N) is 2. The van der Waals surface area contributed by atoms with E-state index in [2.05, 4.69) is 10.6 Å². The van der Waals surface area contributed by atoms with Crippen molar-refractivity contribution in [3.8, 4) is 0 Å². The molecule has 0 aliphatic carbocycles. The Balaban J connectivity index is 1.83. The van der Waals surface area contributed by atoms with Crippen LogP contribution in [0.4, 0.5) is 4.79 Å². The van der Waals surface area contributed by atoms with Crippen LogP contribution in [0, 0.1) is 0 Å². The highest BCUT2D eigenvalue weighted by Gasteiger charge is 2.39. The molecule has 1 atom stereocenters. The van der Waals surface area contributed by atoms with E-state index in [1.165, 1.54) is 0 Å². The SMILES string of the molecule is COCCCN1CC2=C(C1=O)[C@H](c1ccccc1)NC(=O)N2. The Morgan fingerprint density at radius 2 is 2.05 bits per heavy atom. The first-order valence-electron chi connectivity index (χ1n) is 7.34. The first kappa shape index (κ1) is 14.6. The Hall–Kier alpha value is -2.34. The number of carbonyl (C=O) groups excluding carboxylic acids is 2. The van der Waals surface area contributed by atoms with Crippen LogP contribution in [0.2, 0.25) is 0 Å². The molecule has 0 radical (unpaired) electrons. The van der Waals surface area contributed by atoms with Crippen molar-refractivity contribution in [2.45, 2.75) is 12.5 Å². The van der Waals surface area contributed by atoms with Crippen LogP contribution in [-0.2, 0) is 9.53 Å². The lowest BCUT2D eigenvalue weighted by atomic mass is 9.96. The van der Waals surface area contributed by atoms with Gasteiger partial charge >= 0.3 is 6.03 Å². The Morgan fingerprint density at radius 3 is 2.77 bits per heavy atom. The van der Waals surface area contributed by atoms with Crippen molar-refractivity contribution in [2.24, 2.45) is 0 Å². The third-order valence-electron chi connectivity index (χ3n) is 3.93. The van der Waals surface area contributed by atoms with Gasteiger partial charge in [-0.3, -0.25) is 4.79 Å². The number of hydrogen-bond acceptors (Lipinski definition) is 3. The van der Waals surface area contributed by atoms with Crippen molar-refractivity contribution in [1.82, 2.24) is 15.5 Å². The Bertz CT molecular complexity index is 612. The zero-order valence-electron chi connectivity index (χ0n) is 12.5. The molecule has 2 aliphatic rings. The van der Waals surface area contributed by atoms with Crippen LogP contribution in [0.3, 0.4) is 0 Å². The molecule has 0 bridgehead atoms. The molecule has 1 aromatic carbocycles. The summed E-state index contributed by atoms with van der Waals surface area (Å²) >= 11 is 0. The lowest BCUT2D eigenvalue weighted by Gasteiger charge is -2.25. The zero-order valence-corrected chi connectivity index (χ0v) is 12.5. The van der Waals surface area contributed by atoms with Crippen molar-refractivity contribution in [3.63, 3.8) is 0 Å². The van der Waals surface area contributed by atoms with Crippen LogP contribution in [0.15, 0.2) is 41.6 Å². The molecule has 0 saturated heterocycles. The number of hydrogen-bond donors (Lipinski definition) is 2. The normalized spacial score (nSPS) is 20.8. The molecule has 3 rings (SSSR count). The summed E-state index contributed by atoms with van der Waals surface area (Å²) in [6.45, 7) is 1.69. The quantitative estimate of drug-likeness (QED) is 0.802. The maximum absolute atomic E-state index is 12.7. The van der Waals surface area contributed by atoms with Crippen LogP contribution in [-0.4, -0.2) is 43.6 Å². The largest absolute Gasteiger partial charge is 0.385 e. The summed E-state index contributed by atoms with van der Waals surface area (Å²) < 4.78 is 5.03. The molecule has 2 aliphatic heterocycles. The van der Waals surface area contributed by atoms with E-state index in [0.29, 0.717) is 31.0 Å². The van der Waals surface area contributed by atoms with Gasteiger partial charge in [0.1, 0.15) is 0 Å². The van der Waals surface area contributed by atoms with Crippen LogP contribution >= 0.6 is 0 Å². The molecule has 3 amide bonds. The van der Waals surface area contributed by atoms with E-state index in [9.17, 15) is 9.59 Å². The first-order chi connectivity index (χ1) is 10.7. The average molecular weight is 301 g/mol. The van der Waals surface area contributed by atoms with E-state index in [4.69, 9.17) is 4.74 Å². The molecule has 0 aromatic heterocycles. The maximum atomic E-state index is 12.7. The van der Waals surface area contributed by atoms with Crippen molar-refractivity contribution >= 4 is 11.9 Å². The summed E-state index contributed by atoms with van der Waals surface area (Å²) in [7, 11) is 1.64. The second-order valence-corrected chi connectivity index (χ2v) is 5.41. The van der Waals surface area contributed by atoms with Crippen LogP contribution in [0.5, 0.6) is 0 Å². The first-order valence-corrected chi connectivity index (χ1v) is 7.34. The van der Waals surface area contributed by atoms with Crippen LogP contribution in [0.25, 0.3) is 0 Å². The van der Waals surface area contributed by atoms with Gasteiger partial charge in [-0.15, -0.1) is 0 Å². The fourth-order valence-electron chi connectivity index (χ4n) is 2.90. The molecule has 0 spiro atoms. The second-order valence-electron chi connectivity index (χ2n) is 5.41. The summed E-state index contributed by atoms with van der Waals surface area (Å²) in [6.07, 6.45) is 0.778. The van der Waals surface area contributed by atoms with E-state index in [-0.39, 0.29) is 18.0 Å². The molecule has 22 heavy (non-hydrogen) atoms. The summed E-state index contributed by atoms with van der Waals surface area (Å²) in [4.78, 5) is 26.3. The fraction of sp³-hybridized carbons (Fsp3) is 0.375. The van der Waals surface area contributed by atoms with E-state index in [1.807, 2.05) is 30.3 Å². The Morgan fingerprint density at radius 1 is 1.27 bits per heavy atom. The number of methoxy groups -OCH3 is 1. The predicted molar refractivity (Wildman–Crippen MR) is 80.9 cm³/mol. The third-order valence-corrected chi connectivity index (χ3v) is 3.93. The summed E-state index contributed by atoms with van der Waals surface area (Å²) in [6, 6.07) is 8.90. The van der Waals surface area contributed by atoms with E-state index in [0.717, 1.165) is 12.0 Å². The molecular formula is C16H19N3O3. The van der Waals surface area contributed by atoms with Crippen LogP contribution < -0.4 is 10.6 Å². The number of urea groups is 1. The number of rotatable bonds is 5. The number of ether oxygens (including phenoxy) is 1. The molecule has 2 heterocycles. The van der Waals surface area contributed by atoms with Gasteiger partial charge in [0.05, 0.1) is 23.9 Å². The van der Waals surface area contributed by atoms with Crippen LogP contribution in [0.1, 0.15) is 18.0 Å². The average Bonchev–Trinajstić information content (AvgIpc) is 2.84. The second kappa shape index (κ2) is 6.19. The zero-order chi connectivity index (χ0) is 15.5. The summed E-state index contributed by atoms with van der Waals surface area (Å²) in [5.41, 5.74) is 2.26. The van der Waals surface area contributed by atoms with Crippen molar-refractivity contribution in [3.05, 3.63) is 47.2 Å². The van der Waals surface area contributed by atoms with Gasteiger partial charge in [-0.2, -0.15) is 0 Å². The van der Waals surface area contributed by atoms with E-state index >= 15 is 0 Å². The van der Waals surface area contributed by atoms with Gasteiger partial charge in [-0.1, -0.05) is 30.3 Å². The molecule has 1 aromatic rings. The van der Waals surface area contributed by atoms with Gasteiger partial charge in [0, 0.05) is 20.3 Å². The Kier molecular flexibility index (Phi) is 4.11. The predicted octanol–water partition coefficient (Wildman–Crippen LogP) is 1.17. The van der Waals surface area contributed by atoms with Gasteiger partial charge in [0.15, 0.2) is 0 Å². The number of benzene rings is 1. The Labute approximate surface area is 129 Å². The molecule has 6 heteroatoms. The molecule has 116 valence electrons. The lowest BCUT2D eigenvalue weighted by Crippen LogP contribution is -2.44. The maximum Gasteiger partial charge on any atom is 0.319 e. The smallest absolute Gasteiger partial charge is 0.319 e. The third kappa shape index (κ3) is 2.69. The van der Waals surface area contributed by atoms with Crippen molar-refractivity contribution in [1.29, 1.82) is 0 Å². The van der Waals surface area contributed by atoms with Gasteiger partial charge in [-0.05, 0) is 12.0 Å². The summed E-state index contributed by atoms with van der Waals surface area (Å²) in [5.74, 6) is -0.0209. The monoisotopic (exact) mass is 301 g/mol. The number of amides is 3. The van der Waals surface area contributed by atoms with Crippen molar-refractivity contribution in [2.75, 3.05) is 26.8 Å². The topological polar surface area (TPSA) is 70.7 Å². The molecular weight excluding hydrogens is 282 g/mol. The van der Waals surface area contributed by atoms with Gasteiger partial charge in [0.25, 0.3) is 5.91 Å².